The number of halogens is 1. The van der Waals surface area contributed by atoms with Crippen molar-refractivity contribution in [2.24, 2.45) is 12.0 Å². The molecule has 190 valence electrons. The smallest absolute Gasteiger partial charge is 0.452 e. The van der Waals surface area contributed by atoms with Gasteiger partial charge >= 0.3 is 6.16 Å². The summed E-state index contributed by atoms with van der Waals surface area (Å²) >= 11 is 6.67. The molecule has 1 aliphatic heterocycles. The molecule has 0 bridgehead atoms. The van der Waals surface area contributed by atoms with Gasteiger partial charge in [-0.25, -0.2) is 4.79 Å². The van der Waals surface area contributed by atoms with E-state index in [1.165, 1.54) is 5.56 Å². The molecule has 0 spiro atoms. The Labute approximate surface area is 213 Å². The van der Waals surface area contributed by atoms with Gasteiger partial charge in [-0.2, -0.15) is 5.10 Å². The van der Waals surface area contributed by atoms with Crippen LogP contribution in [0.3, 0.4) is 0 Å². The van der Waals surface area contributed by atoms with E-state index in [4.69, 9.17) is 25.8 Å². The molecule has 2 unspecified atom stereocenters. The van der Waals surface area contributed by atoms with Crippen LogP contribution in [0.1, 0.15) is 76.4 Å². The molecule has 2 atom stereocenters. The zero-order valence-electron chi connectivity index (χ0n) is 21.7. The lowest BCUT2D eigenvalue weighted by atomic mass is 9.86. The van der Waals surface area contributed by atoms with Crippen LogP contribution in [0.4, 0.5) is 4.79 Å². The molecule has 3 rings (SSSR count). The van der Waals surface area contributed by atoms with Crippen LogP contribution in [0.25, 0.3) is 11.3 Å². The lowest BCUT2D eigenvalue weighted by Crippen LogP contribution is -2.21. The van der Waals surface area contributed by atoms with Gasteiger partial charge in [-0.1, -0.05) is 76.4 Å². The Kier molecular flexibility index (Phi) is 8.65. The van der Waals surface area contributed by atoms with Crippen molar-refractivity contribution in [1.82, 2.24) is 9.78 Å². The molecular weight excluding hydrogens is 466 g/mol. The molecule has 7 nitrogen and oxygen atoms in total. The van der Waals surface area contributed by atoms with Crippen LogP contribution in [0.2, 0.25) is 5.02 Å². The standard InChI is InChI=1S/C27H36ClN3O4/c1-8-9-10-15-33-26(32)35-18(3)34-25(24-23(28)17(2)30-31(24)7)22(21-16-29-21)19-11-13-20(14-12-19)27(4,5)6/h11-14,16,18,21H,8-10,15H2,1-7H3/b25-22+. The third-order valence-electron chi connectivity index (χ3n) is 5.78. The molecule has 1 aromatic carbocycles. The van der Waals surface area contributed by atoms with Crippen LogP contribution in [0.5, 0.6) is 0 Å². The number of ether oxygens (including phenoxy) is 3. The highest BCUT2D eigenvalue weighted by atomic mass is 35.5. The van der Waals surface area contributed by atoms with Gasteiger partial charge in [-0.3, -0.25) is 9.67 Å². The summed E-state index contributed by atoms with van der Waals surface area (Å²) in [5, 5.41) is 4.93. The molecule has 1 aliphatic rings. The van der Waals surface area contributed by atoms with Crippen molar-refractivity contribution in [3.8, 4) is 0 Å². The van der Waals surface area contributed by atoms with Gasteiger partial charge in [0.1, 0.15) is 11.7 Å². The minimum Gasteiger partial charge on any atom is -0.452 e. The summed E-state index contributed by atoms with van der Waals surface area (Å²) in [6.45, 7) is 12.4. The van der Waals surface area contributed by atoms with Crippen molar-refractivity contribution >= 4 is 35.3 Å². The number of rotatable bonds is 10. The van der Waals surface area contributed by atoms with Gasteiger partial charge in [0.15, 0.2) is 5.76 Å². The van der Waals surface area contributed by atoms with Crippen LogP contribution in [0, 0.1) is 6.92 Å². The molecule has 0 amide bonds. The van der Waals surface area contributed by atoms with E-state index in [0.29, 0.717) is 28.8 Å². The molecule has 0 saturated heterocycles. The number of hydrogen-bond donors (Lipinski definition) is 0. The van der Waals surface area contributed by atoms with Crippen molar-refractivity contribution in [1.29, 1.82) is 0 Å². The Bertz CT molecular complexity index is 1090. The summed E-state index contributed by atoms with van der Waals surface area (Å²) in [5.74, 6) is 0.468. The summed E-state index contributed by atoms with van der Waals surface area (Å²) in [6.07, 6.45) is 2.99. The Morgan fingerprint density at radius 2 is 1.83 bits per heavy atom. The number of carbonyl (C=O) groups excluding carboxylic acids is 1. The molecule has 8 heteroatoms. The van der Waals surface area contributed by atoms with Gasteiger partial charge in [0, 0.05) is 25.8 Å². The average molecular weight is 502 g/mol. The molecular formula is C27H36ClN3O4. The average Bonchev–Trinajstić information content (AvgIpc) is 3.57. The second kappa shape index (κ2) is 11.3. The SMILES string of the molecule is CCCCCOC(=O)OC(C)O/C(=C(\c1ccc(C(C)(C)C)cc1)C1C=N1)c1c(Cl)c(C)nn1C. The molecule has 0 radical (unpaired) electrons. The van der Waals surface area contributed by atoms with E-state index in [9.17, 15) is 4.79 Å². The Morgan fingerprint density at radius 1 is 1.17 bits per heavy atom. The zero-order chi connectivity index (χ0) is 25.8. The molecule has 1 aromatic heterocycles. The van der Waals surface area contributed by atoms with Crippen LogP contribution < -0.4 is 0 Å². The second-order valence-electron chi connectivity index (χ2n) is 9.79. The van der Waals surface area contributed by atoms with E-state index in [1.807, 2.05) is 13.1 Å². The minimum absolute atomic E-state index is 0.0279. The first kappa shape index (κ1) is 26.8. The monoisotopic (exact) mass is 501 g/mol. The van der Waals surface area contributed by atoms with Gasteiger partial charge in [-0.15, -0.1) is 0 Å². The van der Waals surface area contributed by atoms with Crippen molar-refractivity contribution in [3.05, 3.63) is 51.8 Å². The van der Waals surface area contributed by atoms with Crippen molar-refractivity contribution < 1.29 is 19.0 Å². The predicted octanol–water partition coefficient (Wildman–Crippen LogP) is 6.71. The number of unbranched alkanes of at least 4 members (excludes halogenated alkanes) is 2. The first-order chi connectivity index (χ1) is 16.5. The van der Waals surface area contributed by atoms with Crippen molar-refractivity contribution in [3.63, 3.8) is 0 Å². The maximum absolute atomic E-state index is 12.2. The Hall–Kier alpha value is -2.80. The molecule has 0 saturated carbocycles. The Balaban J connectivity index is 1.96. The van der Waals surface area contributed by atoms with Gasteiger partial charge in [0.2, 0.25) is 6.29 Å². The molecule has 0 aliphatic carbocycles. The van der Waals surface area contributed by atoms with E-state index < -0.39 is 12.4 Å². The molecule has 2 aromatic rings. The lowest BCUT2D eigenvalue weighted by Gasteiger charge is -2.22. The number of hydrogen-bond acceptors (Lipinski definition) is 6. The van der Waals surface area contributed by atoms with Crippen LogP contribution in [-0.2, 0) is 26.7 Å². The number of aromatic nitrogens is 2. The van der Waals surface area contributed by atoms with Gasteiger partial charge in [0.25, 0.3) is 0 Å². The molecule has 2 heterocycles. The number of benzene rings is 1. The maximum Gasteiger partial charge on any atom is 0.511 e. The summed E-state index contributed by atoms with van der Waals surface area (Å²) < 4.78 is 18.5. The Morgan fingerprint density at radius 3 is 2.34 bits per heavy atom. The highest BCUT2D eigenvalue weighted by molar-refractivity contribution is 6.33. The maximum atomic E-state index is 12.2. The molecule has 0 fully saturated rings. The fourth-order valence-corrected chi connectivity index (χ4v) is 4.02. The van der Waals surface area contributed by atoms with E-state index in [-0.39, 0.29) is 11.5 Å². The number of aliphatic imine (C=N–C) groups is 1. The van der Waals surface area contributed by atoms with Crippen molar-refractivity contribution in [2.75, 3.05) is 6.61 Å². The predicted molar refractivity (Wildman–Crippen MR) is 140 cm³/mol. The van der Waals surface area contributed by atoms with Crippen LogP contribution >= 0.6 is 11.6 Å². The number of carbonyl (C=O) groups is 1. The van der Waals surface area contributed by atoms with Crippen molar-refractivity contribution in [2.45, 2.75) is 78.6 Å². The van der Waals surface area contributed by atoms with Gasteiger partial charge < -0.3 is 14.2 Å². The van der Waals surface area contributed by atoms with Crippen LogP contribution in [0.15, 0.2) is 29.3 Å². The van der Waals surface area contributed by atoms with Crippen LogP contribution in [-0.4, -0.2) is 41.1 Å². The van der Waals surface area contributed by atoms with E-state index in [1.54, 1.807) is 18.7 Å². The molecule has 0 N–H and O–H groups in total. The fraction of sp³-hybridized carbons (Fsp3) is 0.519. The quantitative estimate of drug-likeness (QED) is 0.156. The summed E-state index contributed by atoms with van der Waals surface area (Å²) in [4.78, 5) is 16.6. The summed E-state index contributed by atoms with van der Waals surface area (Å²) in [7, 11) is 1.80. The van der Waals surface area contributed by atoms with Gasteiger partial charge in [-0.05, 0) is 29.9 Å². The van der Waals surface area contributed by atoms with E-state index >= 15 is 0 Å². The second-order valence-corrected chi connectivity index (χ2v) is 10.2. The highest BCUT2D eigenvalue weighted by Gasteiger charge is 2.31. The third kappa shape index (κ3) is 6.88. The topological polar surface area (TPSA) is 74.9 Å². The summed E-state index contributed by atoms with van der Waals surface area (Å²) in [5.41, 5.74) is 4.30. The number of nitrogens with zero attached hydrogens (tertiary/aromatic N) is 3. The normalized spacial score (nSPS) is 16.5. The first-order valence-electron chi connectivity index (χ1n) is 12.1. The fourth-order valence-electron chi connectivity index (χ4n) is 3.77. The van der Waals surface area contributed by atoms with Gasteiger partial charge in [0.05, 0.1) is 17.3 Å². The van der Waals surface area contributed by atoms with E-state index in [0.717, 1.165) is 30.4 Å². The molecule has 35 heavy (non-hydrogen) atoms. The number of aryl methyl sites for hydroxylation is 2. The largest absolute Gasteiger partial charge is 0.511 e. The lowest BCUT2D eigenvalue weighted by molar-refractivity contribution is -0.0673. The van der Waals surface area contributed by atoms with E-state index in [2.05, 4.69) is 62.1 Å². The zero-order valence-corrected chi connectivity index (χ0v) is 22.5. The third-order valence-corrected chi connectivity index (χ3v) is 6.23. The minimum atomic E-state index is -0.919. The summed E-state index contributed by atoms with van der Waals surface area (Å²) in [6, 6.07) is 8.18. The highest BCUT2D eigenvalue weighted by Crippen LogP contribution is 2.39. The first-order valence-corrected chi connectivity index (χ1v) is 12.5.